The molecule has 1 amide bonds. The summed E-state index contributed by atoms with van der Waals surface area (Å²) in [6, 6.07) is 16.4. The van der Waals surface area contributed by atoms with Crippen LogP contribution in [0.25, 0.3) is 6.08 Å². The molecule has 0 bridgehead atoms. The number of fused-ring (bicyclic) bond motifs is 1. The van der Waals surface area contributed by atoms with Crippen molar-refractivity contribution in [1.82, 2.24) is 0 Å². The lowest BCUT2D eigenvalue weighted by atomic mass is 10.2. The van der Waals surface area contributed by atoms with Crippen molar-refractivity contribution < 1.29 is 32.2 Å². The molecule has 1 heterocycles. The van der Waals surface area contributed by atoms with E-state index in [0.717, 1.165) is 5.56 Å². The highest BCUT2D eigenvalue weighted by Crippen LogP contribution is 2.41. The van der Waals surface area contributed by atoms with Crippen LogP contribution < -0.4 is 19.5 Å². The molecular weight excluding hydrogens is 502 g/mol. The van der Waals surface area contributed by atoms with Gasteiger partial charge in [0.25, 0.3) is 5.91 Å². The van der Waals surface area contributed by atoms with E-state index in [-0.39, 0.29) is 16.6 Å². The summed E-state index contributed by atoms with van der Waals surface area (Å²) in [7, 11) is -0.817. The Bertz CT molecular complexity index is 1440. The fourth-order valence-corrected chi connectivity index (χ4v) is 6.09. The van der Waals surface area contributed by atoms with Crippen LogP contribution in [0.5, 0.6) is 17.2 Å². The molecule has 1 N–H and O–H groups in total. The smallest absolute Gasteiger partial charge is 0.308 e. The summed E-state index contributed by atoms with van der Waals surface area (Å²) in [6.45, 7) is 1.32. The number of sulfone groups is 1. The summed E-state index contributed by atoms with van der Waals surface area (Å²) < 4.78 is 42.3. The fourth-order valence-electron chi connectivity index (χ4n) is 3.62. The number of anilines is 1. The number of carbonyl (C=O) groups is 2. The summed E-state index contributed by atoms with van der Waals surface area (Å²) >= 11 is 1.18. The molecule has 0 fully saturated rings. The Morgan fingerprint density at radius 2 is 1.67 bits per heavy atom. The Hall–Kier alpha value is -3.76. The van der Waals surface area contributed by atoms with Gasteiger partial charge in [-0.25, -0.2) is 8.42 Å². The zero-order valence-corrected chi connectivity index (χ0v) is 21.4. The number of amides is 1. The predicted molar refractivity (Wildman–Crippen MR) is 137 cm³/mol. The lowest BCUT2D eigenvalue weighted by Gasteiger charge is -2.20. The summed E-state index contributed by atoms with van der Waals surface area (Å²) in [5.74, 6) is 0.205. The van der Waals surface area contributed by atoms with Gasteiger partial charge in [-0.2, -0.15) is 0 Å². The van der Waals surface area contributed by atoms with Crippen molar-refractivity contribution in [3.8, 4) is 17.2 Å². The van der Waals surface area contributed by atoms with Gasteiger partial charge in [-0.1, -0.05) is 30.0 Å². The molecule has 0 saturated carbocycles. The first kappa shape index (κ1) is 25.3. The normalized spacial score (nSPS) is 14.1. The molecule has 8 nitrogen and oxygen atoms in total. The van der Waals surface area contributed by atoms with Gasteiger partial charge in [0.2, 0.25) is 0 Å². The molecule has 3 aromatic rings. The molecular formula is C26H23NO7S2. The molecule has 10 heteroatoms. The lowest BCUT2D eigenvalue weighted by molar-refractivity contribution is -0.131. The van der Waals surface area contributed by atoms with Crippen LogP contribution in [0.3, 0.4) is 0 Å². The molecule has 186 valence electrons. The predicted octanol–water partition coefficient (Wildman–Crippen LogP) is 4.69. The van der Waals surface area contributed by atoms with Crippen molar-refractivity contribution in [3.63, 3.8) is 0 Å². The minimum Gasteiger partial charge on any atom is -0.496 e. The fraction of sp³-hybridized carbons (Fsp3) is 0.154. The van der Waals surface area contributed by atoms with Gasteiger partial charge in [0.1, 0.15) is 17.2 Å². The molecule has 0 spiro atoms. The number of hydrogen-bond acceptors (Lipinski definition) is 8. The summed E-state index contributed by atoms with van der Waals surface area (Å²) in [5, 5.41) is 2.80. The van der Waals surface area contributed by atoms with E-state index in [0.29, 0.717) is 38.3 Å². The minimum atomic E-state index is -3.76. The number of rotatable bonds is 7. The van der Waals surface area contributed by atoms with Crippen LogP contribution in [0.2, 0.25) is 0 Å². The Balaban J connectivity index is 1.61. The molecule has 3 aromatic carbocycles. The molecule has 0 aliphatic carbocycles. The Morgan fingerprint density at radius 1 is 1.00 bits per heavy atom. The summed E-state index contributed by atoms with van der Waals surface area (Å²) in [5.41, 5.74) is 1.68. The number of benzene rings is 3. The number of nitrogens with one attached hydrogen (secondary N) is 1. The van der Waals surface area contributed by atoms with Crippen LogP contribution in [0, 0.1) is 0 Å². The van der Waals surface area contributed by atoms with Gasteiger partial charge in [-0.3, -0.25) is 9.59 Å². The van der Waals surface area contributed by atoms with Gasteiger partial charge in [-0.15, -0.1) is 0 Å². The first-order chi connectivity index (χ1) is 17.2. The van der Waals surface area contributed by atoms with Crippen LogP contribution in [0.15, 0.2) is 75.4 Å². The molecule has 0 saturated heterocycles. The maximum Gasteiger partial charge on any atom is 0.308 e. The molecule has 4 rings (SSSR count). The summed E-state index contributed by atoms with van der Waals surface area (Å²) in [4.78, 5) is 24.8. The third-order valence-corrected chi connectivity index (χ3v) is 8.03. The monoisotopic (exact) mass is 525 g/mol. The van der Waals surface area contributed by atoms with Crippen LogP contribution >= 0.6 is 11.8 Å². The molecule has 1 aliphatic rings. The van der Waals surface area contributed by atoms with Crippen LogP contribution in [-0.2, 0) is 25.2 Å². The standard InChI is InChI=1S/C26H23NO7S2/c1-16(28)34-18-9-7-17(8-10-18)13-25-26(29)27-21-12-11-19(14-24(21)35-25)36(30,31)15-20-22(32-2)5-4-6-23(20)33-3/h4-14H,15H2,1-3H3,(H,27,29). The van der Waals surface area contributed by atoms with Gasteiger partial charge in [0.15, 0.2) is 9.84 Å². The second kappa shape index (κ2) is 10.5. The number of esters is 1. The van der Waals surface area contributed by atoms with Crippen LogP contribution in [-0.4, -0.2) is 34.5 Å². The Labute approximate surface area is 213 Å². The molecule has 36 heavy (non-hydrogen) atoms. The van der Waals surface area contributed by atoms with Crippen molar-refractivity contribution in [2.24, 2.45) is 0 Å². The second-order valence-electron chi connectivity index (χ2n) is 7.79. The van der Waals surface area contributed by atoms with Crippen molar-refractivity contribution >= 4 is 45.2 Å². The van der Waals surface area contributed by atoms with Gasteiger partial charge in [0, 0.05) is 11.8 Å². The molecule has 1 aliphatic heterocycles. The maximum absolute atomic E-state index is 13.3. The quantitative estimate of drug-likeness (QED) is 0.269. The van der Waals surface area contributed by atoms with Gasteiger partial charge < -0.3 is 19.5 Å². The minimum absolute atomic E-state index is 0.114. The van der Waals surface area contributed by atoms with Crippen molar-refractivity contribution in [2.45, 2.75) is 22.5 Å². The van der Waals surface area contributed by atoms with E-state index in [1.165, 1.54) is 39.0 Å². The largest absolute Gasteiger partial charge is 0.496 e. The highest BCUT2D eigenvalue weighted by Gasteiger charge is 2.26. The van der Waals surface area contributed by atoms with Crippen molar-refractivity contribution in [1.29, 1.82) is 0 Å². The topological polar surface area (TPSA) is 108 Å². The first-order valence-electron chi connectivity index (χ1n) is 10.8. The van der Waals surface area contributed by atoms with Gasteiger partial charge >= 0.3 is 5.97 Å². The first-order valence-corrected chi connectivity index (χ1v) is 13.2. The number of methoxy groups -OCH3 is 2. The second-order valence-corrected chi connectivity index (χ2v) is 10.9. The number of hydrogen-bond donors (Lipinski definition) is 1. The Morgan fingerprint density at radius 3 is 2.28 bits per heavy atom. The average Bonchev–Trinajstić information content (AvgIpc) is 2.85. The van der Waals surface area contributed by atoms with E-state index in [9.17, 15) is 18.0 Å². The number of thioether (sulfide) groups is 1. The average molecular weight is 526 g/mol. The van der Waals surface area contributed by atoms with Gasteiger partial charge in [0.05, 0.1) is 41.0 Å². The highest BCUT2D eigenvalue weighted by atomic mass is 32.2. The van der Waals surface area contributed by atoms with E-state index < -0.39 is 15.8 Å². The molecule has 0 aromatic heterocycles. The van der Waals surface area contributed by atoms with Crippen LogP contribution in [0.1, 0.15) is 18.1 Å². The van der Waals surface area contributed by atoms with E-state index >= 15 is 0 Å². The lowest BCUT2D eigenvalue weighted by Crippen LogP contribution is -2.17. The number of carbonyl (C=O) groups excluding carboxylic acids is 2. The zero-order chi connectivity index (χ0) is 25.9. The zero-order valence-electron chi connectivity index (χ0n) is 19.7. The van der Waals surface area contributed by atoms with Crippen molar-refractivity contribution in [3.05, 3.63) is 76.7 Å². The van der Waals surface area contributed by atoms with Crippen molar-refractivity contribution in [2.75, 3.05) is 19.5 Å². The van der Waals surface area contributed by atoms with E-state index in [4.69, 9.17) is 14.2 Å². The summed E-state index contributed by atoms with van der Waals surface area (Å²) in [6.07, 6.45) is 1.68. The molecule has 0 radical (unpaired) electrons. The highest BCUT2D eigenvalue weighted by molar-refractivity contribution is 8.04. The maximum atomic E-state index is 13.3. The van der Waals surface area contributed by atoms with Gasteiger partial charge in [-0.05, 0) is 54.1 Å². The van der Waals surface area contributed by atoms with E-state index in [1.54, 1.807) is 60.7 Å². The Kier molecular flexibility index (Phi) is 7.37. The number of ether oxygens (including phenoxy) is 3. The third-order valence-electron chi connectivity index (χ3n) is 5.31. The molecule has 0 atom stereocenters. The van der Waals surface area contributed by atoms with E-state index in [1.807, 2.05) is 0 Å². The third kappa shape index (κ3) is 5.55. The van der Waals surface area contributed by atoms with E-state index in [2.05, 4.69) is 5.32 Å². The SMILES string of the molecule is COc1cccc(OC)c1CS(=O)(=O)c1ccc2c(c1)SC(=Cc1ccc(OC(C)=O)cc1)C(=O)N2. The van der Waals surface area contributed by atoms with Crippen LogP contribution in [0.4, 0.5) is 5.69 Å². The molecule has 0 unspecified atom stereocenters.